The third kappa shape index (κ3) is 3.33. The van der Waals surface area contributed by atoms with Crippen LogP contribution in [0.1, 0.15) is 54.4 Å². The van der Waals surface area contributed by atoms with E-state index in [0.29, 0.717) is 22.7 Å². The number of primary amides is 1. The second-order valence-electron chi connectivity index (χ2n) is 8.79. The van der Waals surface area contributed by atoms with E-state index in [0.717, 1.165) is 49.9 Å². The molecule has 0 spiro atoms. The molecular formula is C23H25ClN4O2. The van der Waals surface area contributed by atoms with E-state index in [9.17, 15) is 9.59 Å². The quantitative estimate of drug-likeness (QED) is 0.771. The third-order valence-electron chi connectivity index (χ3n) is 6.95. The normalized spacial score (nSPS) is 26.3. The number of hydrogen-bond donors (Lipinski definition) is 2. The van der Waals surface area contributed by atoms with E-state index >= 15 is 0 Å². The second kappa shape index (κ2) is 7.27. The average molecular weight is 425 g/mol. The predicted molar refractivity (Wildman–Crippen MR) is 116 cm³/mol. The molecule has 3 N–H and O–H groups in total. The van der Waals surface area contributed by atoms with Crippen molar-refractivity contribution in [3.8, 4) is 0 Å². The highest BCUT2D eigenvalue weighted by atomic mass is 35.5. The van der Waals surface area contributed by atoms with Crippen LogP contribution in [-0.2, 0) is 10.2 Å². The second-order valence-corrected chi connectivity index (χ2v) is 9.23. The lowest BCUT2D eigenvalue weighted by molar-refractivity contribution is -0.124. The minimum Gasteiger partial charge on any atom is -0.366 e. The first-order valence-corrected chi connectivity index (χ1v) is 11.0. The predicted octanol–water partition coefficient (Wildman–Crippen LogP) is 3.18. The Morgan fingerprint density at radius 3 is 2.27 bits per heavy atom. The van der Waals surface area contributed by atoms with Crippen LogP contribution in [0.15, 0.2) is 42.6 Å². The molecular weight excluding hydrogens is 400 g/mol. The molecule has 5 rings (SSSR count). The Morgan fingerprint density at radius 2 is 1.73 bits per heavy atom. The van der Waals surface area contributed by atoms with Gasteiger partial charge < -0.3 is 16.0 Å². The highest BCUT2D eigenvalue weighted by Gasteiger charge is 2.52. The molecule has 0 radical (unpaired) electrons. The minimum atomic E-state index is -0.465. The zero-order valence-corrected chi connectivity index (χ0v) is 17.4. The smallest absolute Gasteiger partial charge is 0.250 e. The van der Waals surface area contributed by atoms with E-state index < -0.39 is 5.91 Å². The zero-order chi connectivity index (χ0) is 20.9. The number of anilines is 1. The van der Waals surface area contributed by atoms with Gasteiger partial charge in [0, 0.05) is 29.3 Å². The number of carbonyl (C=O) groups is 2. The van der Waals surface area contributed by atoms with Crippen LogP contribution in [0.2, 0.25) is 5.02 Å². The molecule has 1 aromatic heterocycles. The largest absolute Gasteiger partial charge is 0.366 e. The fourth-order valence-corrected chi connectivity index (χ4v) is 5.34. The Hall–Kier alpha value is -2.60. The van der Waals surface area contributed by atoms with Gasteiger partial charge in [-0.1, -0.05) is 23.7 Å². The molecule has 3 fully saturated rings. The number of nitrogens with two attached hydrogens (primary N) is 1. The first kappa shape index (κ1) is 19.4. The molecule has 30 heavy (non-hydrogen) atoms. The molecule has 1 aliphatic carbocycles. The lowest BCUT2D eigenvalue weighted by atomic mass is 9.92. The highest BCUT2D eigenvalue weighted by Crippen LogP contribution is 2.49. The number of nitrogens with zero attached hydrogens (tertiary/aromatic N) is 2. The van der Waals surface area contributed by atoms with Crippen molar-refractivity contribution in [1.29, 1.82) is 0 Å². The van der Waals surface area contributed by atoms with Crippen LogP contribution < -0.4 is 16.0 Å². The lowest BCUT2D eigenvalue weighted by Crippen LogP contribution is -2.52. The Labute approximate surface area is 180 Å². The summed E-state index contributed by atoms with van der Waals surface area (Å²) in [6, 6.07) is 12.2. The molecule has 3 aliphatic rings. The van der Waals surface area contributed by atoms with Crippen molar-refractivity contribution in [2.45, 2.75) is 62.1 Å². The van der Waals surface area contributed by atoms with Crippen molar-refractivity contribution < 1.29 is 9.59 Å². The fraction of sp³-hybridized carbons (Fsp3) is 0.435. The third-order valence-corrected chi connectivity index (χ3v) is 7.20. The van der Waals surface area contributed by atoms with Crippen LogP contribution in [0.3, 0.4) is 0 Å². The summed E-state index contributed by atoms with van der Waals surface area (Å²) in [4.78, 5) is 31.3. The van der Waals surface area contributed by atoms with E-state index in [1.165, 1.54) is 0 Å². The van der Waals surface area contributed by atoms with Gasteiger partial charge in [-0.05, 0) is 68.4 Å². The van der Waals surface area contributed by atoms with Crippen molar-refractivity contribution in [1.82, 2.24) is 10.3 Å². The topological polar surface area (TPSA) is 88.3 Å². The molecule has 6 nitrogen and oxygen atoms in total. The summed E-state index contributed by atoms with van der Waals surface area (Å²) in [7, 11) is 0. The van der Waals surface area contributed by atoms with Crippen molar-refractivity contribution in [3.63, 3.8) is 0 Å². The molecule has 2 atom stereocenters. The molecule has 2 aromatic rings. The SMILES string of the molecule is NC(=O)c1ccc(N2C3CCC2CC(NC(=O)C2(c4ccc(Cl)cc4)CC2)C3)nc1. The monoisotopic (exact) mass is 424 g/mol. The number of piperidine rings is 1. The number of aromatic nitrogens is 1. The molecule has 2 bridgehead atoms. The number of hydrogen-bond acceptors (Lipinski definition) is 4. The Balaban J connectivity index is 1.26. The summed E-state index contributed by atoms with van der Waals surface area (Å²) in [5, 5.41) is 4.04. The van der Waals surface area contributed by atoms with Gasteiger partial charge in [0.1, 0.15) is 5.82 Å². The summed E-state index contributed by atoms with van der Waals surface area (Å²) in [6.45, 7) is 0. The molecule has 1 saturated carbocycles. The molecule has 7 heteroatoms. The fourth-order valence-electron chi connectivity index (χ4n) is 5.22. The molecule has 2 saturated heterocycles. The first-order valence-electron chi connectivity index (χ1n) is 10.6. The summed E-state index contributed by atoms with van der Waals surface area (Å²) in [5.74, 6) is 0.567. The standard InChI is InChI=1S/C23H25ClN4O2/c24-16-4-2-15(3-5-16)23(9-10-23)22(30)27-17-11-18-6-7-19(12-17)28(18)20-8-1-14(13-26-20)21(25)29/h1-5,8,13,17-19H,6-7,9-12H2,(H2,25,29)(H,27,30). The summed E-state index contributed by atoms with van der Waals surface area (Å²) < 4.78 is 0. The Kier molecular flexibility index (Phi) is 4.69. The Morgan fingerprint density at radius 1 is 1.07 bits per heavy atom. The number of benzene rings is 1. The number of rotatable bonds is 5. The maximum atomic E-state index is 13.2. The van der Waals surface area contributed by atoms with Gasteiger partial charge in [0.2, 0.25) is 11.8 Å². The van der Waals surface area contributed by atoms with E-state index in [1.54, 1.807) is 12.3 Å². The maximum Gasteiger partial charge on any atom is 0.250 e. The van der Waals surface area contributed by atoms with Crippen LogP contribution in [0.4, 0.5) is 5.82 Å². The molecule has 156 valence electrons. The van der Waals surface area contributed by atoms with Gasteiger partial charge in [-0.2, -0.15) is 0 Å². The van der Waals surface area contributed by atoms with Crippen LogP contribution in [0.5, 0.6) is 0 Å². The van der Waals surface area contributed by atoms with Crippen LogP contribution in [0, 0.1) is 0 Å². The van der Waals surface area contributed by atoms with Gasteiger partial charge in [-0.3, -0.25) is 9.59 Å². The van der Waals surface area contributed by atoms with E-state index in [-0.39, 0.29) is 17.4 Å². The average Bonchev–Trinajstić information content (AvgIpc) is 3.50. The summed E-state index contributed by atoms with van der Waals surface area (Å²) >= 11 is 6.01. The highest BCUT2D eigenvalue weighted by molar-refractivity contribution is 6.30. The number of halogens is 1. The summed E-state index contributed by atoms with van der Waals surface area (Å²) in [6.07, 6.45) is 7.35. The molecule has 2 amide bonds. The molecule has 2 unspecified atom stereocenters. The van der Waals surface area contributed by atoms with Crippen molar-refractivity contribution in [2.75, 3.05) is 4.90 Å². The first-order chi connectivity index (χ1) is 14.5. The number of amides is 2. The number of nitrogens with one attached hydrogen (secondary N) is 1. The van der Waals surface area contributed by atoms with Crippen molar-refractivity contribution >= 4 is 29.2 Å². The van der Waals surface area contributed by atoms with E-state index in [4.69, 9.17) is 17.3 Å². The number of carbonyl (C=O) groups excluding carboxylic acids is 2. The van der Waals surface area contributed by atoms with Gasteiger partial charge in [0.25, 0.3) is 0 Å². The summed E-state index contributed by atoms with van der Waals surface area (Å²) in [5.41, 5.74) is 6.42. The van der Waals surface area contributed by atoms with Gasteiger partial charge in [0.15, 0.2) is 0 Å². The maximum absolute atomic E-state index is 13.2. The molecule has 1 aromatic carbocycles. The van der Waals surface area contributed by atoms with Crippen LogP contribution in [-0.4, -0.2) is 34.9 Å². The lowest BCUT2D eigenvalue weighted by Gasteiger charge is -2.40. The van der Waals surface area contributed by atoms with Crippen molar-refractivity contribution in [3.05, 3.63) is 58.7 Å². The van der Waals surface area contributed by atoms with Crippen molar-refractivity contribution in [2.24, 2.45) is 5.73 Å². The van der Waals surface area contributed by atoms with Gasteiger partial charge >= 0.3 is 0 Å². The van der Waals surface area contributed by atoms with E-state index in [2.05, 4.69) is 15.2 Å². The van der Waals surface area contributed by atoms with E-state index in [1.807, 2.05) is 30.3 Å². The van der Waals surface area contributed by atoms with Gasteiger partial charge in [0.05, 0.1) is 11.0 Å². The molecule has 3 heterocycles. The minimum absolute atomic E-state index is 0.145. The van der Waals surface area contributed by atoms with Crippen LogP contribution >= 0.6 is 11.6 Å². The number of fused-ring (bicyclic) bond motifs is 2. The molecule has 2 aliphatic heterocycles. The zero-order valence-electron chi connectivity index (χ0n) is 16.7. The Bertz CT molecular complexity index is 958. The van der Waals surface area contributed by atoms with Gasteiger partial charge in [-0.15, -0.1) is 0 Å². The van der Waals surface area contributed by atoms with Gasteiger partial charge in [-0.25, -0.2) is 4.98 Å². The van der Waals surface area contributed by atoms with Crippen LogP contribution in [0.25, 0.3) is 0 Å². The number of pyridine rings is 1.